The van der Waals surface area contributed by atoms with Crippen molar-refractivity contribution in [3.05, 3.63) is 47.5 Å². The van der Waals surface area contributed by atoms with Gasteiger partial charge in [-0.15, -0.1) is 0 Å². The van der Waals surface area contributed by atoms with Gasteiger partial charge in [-0.05, 0) is 48.2 Å². The molecule has 4 aliphatic rings. The normalized spacial score (nSPS) is 29.1. The summed E-state index contributed by atoms with van der Waals surface area (Å²) < 4.78 is 23.0. The van der Waals surface area contributed by atoms with Gasteiger partial charge < -0.3 is 72.1 Å². The maximum absolute atomic E-state index is 13.8. The Labute approximate surface area is 359 Å². The Morgan fingerprint density at radius 1 is 0.586 bits per heavy atom. The number of benzene rings is 2. The SMILES string of the molecule is CC(=O)Oc1ccc(OC(C)=O)c(C[N+]2(C)C3CCC2CC(C(CC(=O)O)(C(=O)O)C2CC4CCC(C2)[N+]4(C)Cc2cc(OC(C)=O)ccc2OC(C)=O)C3)c1.[Br-].[Br-]. The summed E-state index contributed by atoms with van der Waals surface area (Å²) in [6.45, 7) is 6.19. The van der Waals surface area contributed by atoms with E-state index in [9.17, 15) is 39.0 Å². The Balaban J connectivity index is 0.00000372. The van der Waals surface area contributed by atoms with Crippen LogP contribution in [0.5, 0.6) is 23.0 Å². The van der Waals surface area contributed by atoms with Crippen molar-refractivity contribution in [1.29, 1.82) is 0 Å². The number of quaternary nitrogens is 2. The number of carboxylic acids is 2. The molecule has 0 amide bonds. The number of ether oxygens (including phenoxy) is 4. The lowest BCUT2D eigenvalue weighted by molar-refractivity contribution is -0.963. The van der Waals surface area contributed by atoms with Crippen molar-refractivity contribution >= 4 is 35.8 Å². The highest BCUT2D eigenvalue weighted by Crippen LogP contribution is 2.59. The standard InChI is InChI=1S/C42H52N2O12.2BrH/c1-24(45)53-36-11-13-38(55-26(3)47)28(15-36)22-43(5)32-7-8-33(43)18-30(17-32)42(41(51)52,21-40(49)50)31-19-34-9-10-35(20-31)44(34,6)23-29-16-37(54-25(2)46)12-14-39(29)56-27(4)48;;/h11-16,30-35H,7-10,17-23H2,1-6H3;2*1H. The fraction of sp³-hybridized carbons (Fsp3) is 0.571. The third kappa shape index (κ3) is 9.29. The minimum absolute atomic E-state index is 0. The lowest BCUT2D eigenvalue weighted by Crippen LogP contribution is -3.00. The Hall–Kier alpha value is -3.86. The Morgan fingerprint density at radius 3 is 1.19 bits per heavy atom. The molecule has 4 atom stereocenters. The molecule has 4 unspecified atom stereocenters. The molecule has 2 aromatic carbocycles. The fourth-order valence-electron chi connectivity index (χ4n) is 11.2. The zero-order chi connectivity index (χ0) is 40.7. The summed E-state index contributed by atoms with van der Waals surface area (Å²) >= 11 is 0. The van der Waals surface area contributed by atoms with E-state index in [1.807, 2.05) is 0 Å². The van der Waals surface area contributed by atoms with E-state index in [1.165, 1.54) is 27.7 Å². The molecule has 2 aromatic rings. The molecule has 14 nitrogen and oxygen atoms in total. The topological polar surface area (TPSA) is 180 Å². The van der Waals surface area contributed by atoms with Gasteiger partial charge in [0.1, 0.15) is 36.1 Å². The van der Waals surface area contributed by atoms with Crippen LogP contribution in [0.15, 0.2) is 36.4 Å². The van der Waals surface area contributed by atoms with E-state index >= 15 is 0 Å². The van der Waals surface area contributed by atoms with Crippen LogP contribution in [0.25, 0.3) is 0 Å². The van der Waals surface area contributed by atoms with Crippen LogP contribution in [0.2, 0.25) is 0 Å². The third-order valence-electron chi connectivity index (χ3n) is 13.6. The van der Waals surface area contributed by atoms with Crippen molar-refractivity contribution in [2.45, 2.75) is 123 Å². The molecule has 58 heavy (non-hydrogen) atoms. The van der Waals surface area contributed by atoms with Gasteiger partial charge in [0.2, 0.25) is 0 Å². The first-order valence-electron chi connectivity index (χ1n) is 19.5. The largest absolute Gasteiger partial charge is 1.00 e. The number of nitrogens with zero attached hydrogens (tertiary/aromatic N) is 2. The molecule has 0 aromatic heterocycles. The third-order valence-corrected chi connectivity index (χ3v) is 13.6. The first-order valence-corrected chi connectivity index (χ1v) is 19.5. The molecule has 0 spiro atoms. The van der Waals surface area contributed by atoms with Crippen LogP contribution in [0.3, 0.4) is 0 Å². The molecule has 4 fully saturated rings. The van der Waals surface area contributed by atoms with Crippen molar-refractivity contribution in [1.82, 2.24) is 0 Å². The first-order chi connectivity index (χ1) is 26.3. The van der Waals surface area contributed by atoms with Crippen molar-refractivity contribution in [3.63, 3.8) is 0 Å². The Bertz CT molecular complexity index is 1790. The summed E-state index contributed by atoms with van der Waals surface area (Å²) in [6.07, 6.45) is 5.04. The summed E-state index contributed by atoms with van der Waals surface area (Å²) in [5.41, 5.74) is -0.0914. The van der Waals surface area contributed by atoms with Gasteiger partial charge in [0.15, 0.2) is 0 Å². The van der Waals surface area contributed by atoms with Crippen molar-refractivity contribution in [2.24, 2.45) is 17.3 Å². The summed E-state index contributed by atoms with van der Waals surface area (Å²) in [7, 11) is 4.27. The van der Waals surface area contributed by atoms with Crippen LogP contribution >= 0.6 is 0 Å². The van der Waals surface area contributed by atoms with E-state index in [0.717, 1.165) is 25.7 Å². The number of carbonyl (C=O) groups is 6. The smallest absolute Gasteiger partial charge is 0.310 e. The molecule has 2 N–H and O–H groups in total. The van der Waals surface area contributed by atoms with Gasteiger partial charge >= 0.3 is 35.8 Å². The number of piperidine rings is 2. The molecule has 16 heteroatoms. The highest BCUT2D eigenvalue weighted by atomic mass is 79.9. The van der Waals surface area contributed by atoms with Crippen LogP contribution in [-0.2, 0) is 41.9 Å². The average Bonchev–Trinajstić information content (AvgIpc) is 3.32. The van der Waals surface area contributed by atoms with E-state index in [2.05, 4.69) is 14.1 Å². The van der Waals surface area contributed by atoms with Gasteiger partial charge in [0, 0.05) is 79.1 Å². The number of aliphatic carboxylic acids is 2. The fourth-order valence-corrected chi connectivity index (χ4v) is 11.2. The number of fused-ring (bicyclic) bond motifs is 4. The number of hydrogen-bond acceptors (Lipinski definition) is 10. The van der Waals surface area contributed by atoms with Gasteiger partial charge in [0.25, 0.3) is 0 Å². The maximum Gasteiger partial charge on any atom is 0.310 e. The van der Waals surface area contributed by atoms with Crippen LogP contribution in [0.4, 0.5) is 0 Å². The molecule has 0 radical (unpaired) electrons. The van der Waals surface area contributed by atoms with Crippen LogP contribution in [-0.4, -0.2) is 93.3 Å². The van der Waals surface area contributed by atoms with Crippen LogP contribution in [0.1, 0.15) is 96.6 Å². The number of rotatable bonds is 13. The highest BCUT2D eigenvalue weighted by molar-refractivity contribution is 5.82. The molecule has 4 heterocycles. The summed E-state index contributed by atoms with van der Waals surface area (Å²) in [6, 6.07) is 9.95. The molecule has 0 aliphatic carbocycles. The predicted molar refractivity (Wildman–Crippen MR) is 199 cm³/mol. The monoisotopic (exact) mass is 936 g/mol. The van der Waals surface area contributed by atoms with E-state index in [-0.39, 0.29) is 70.0 Å². The minimum atomic E-state index is -1.49. The number of hydrogen-bond donors (Lipinski definition) is 2. The molecule has 4 aliphatic heterocycles. The molecule has 0 saturated carbocycles. The quantitative estimate of drug-likeness (QED) is 0.149. The second kappa shape index (κ2) is 18.2. The lowest BCUT2D eigenvalue weighted by Gasteiger charge is -2.55. The number of carboxylic acid groups (broad SMARTS) is 2. The zero-order valence-electron chi connectivity index (χ0n) is 33.8. The van der Waals surface area contributed by atoms with Gasteiger partial charge in [0.05, 0.1) is 61.2 Å². The van der Waals surface area contributed by atoms with Crippen LogP contribution in [0, 0.1) is 17.3 Å². The lowest BCUT2D eigenvalue weighted by atomic mass is 9.57. The second-order valence-electron chi connectivity index (χ2n) is 16.9. The van der Waals surface area contributed by atoms with Crippen molar-refractivity contribution < 1.29 is 101 Å². The second-order valence-corrected chi connectivity index (χ2v) is 16.9. The molecule has 6 rings (SSSR count). The van der Waals surface area contributed by atoms with Gasteiger partial charge in [-0.3, -0.25) is 28.8 Å². The number of esters is 4. The molecular weight excluding hydrogens is 884 g/mol. The van der Waals surface area contributed by atoms with E-state index in [1.54, 1.807) is 36.4 Å². The predicted octanol–water partition coefficient (Wildman–Crippen LogP) is -0.583. The summed E-state index contributed by atoms with van der Waals surface area (Å²) in [5, 5.41) is 21.7. The first kappa shape index (κ1) is 46.8. The van der Waals surface area contributed by atoms with Gasteiger partial charge in [-0.25, -0.2) is 0 Å². The summed E-state index contributed by atoms with van der Waals surface area (Å²) in [5.74, 6) is -3.44. The zero-order valence-corrected chi connectivity index (χ0v) is 37.0. The van der Waals surface area contributed by atoms with E-state index in [4.69, 9.17) is 18.9 Å². The van der Waals surface area contributed by atoms with Gasteiger partial charge in [-0.1, -0.05) is 0 Å². The average molecular weight is 939 g/mol. The molecule has 4 bridgehead atoms. The molecule has 4 saturated heterocycles. The van der Waals surface area contributed by atoms with E-state index in [0.29, 0.717) is 81.9 Å². The number of carbonyl (C=O) groups excluding carboxylic acids is 4. The number of halogens is 2. The van der Waals surface area contributed by atoms with Crippen molar-refractivity contribution in [2.75, 3.05) is 14.1 Å². The Kier molecular flexibility index (Phi) is 14.7. The summed E-state index contributed by atoms with van der Waals surface area (Å²) in [4.78, 5) is 74.2. The maximum atomic E-state index is 13.8. The van der Waals surface area contributed by atoms with Gasteiger partial charge in [-0.2, -0.15) is 0 Å². The molecular formula is C42H54Br2N2O12. The van der Waals surface area contributed by atoms with Crippen molar-refractivity contribution in [3.8, 4) is 23.0 Å². The molecule has 318 valence electrons. The van der Waals surface area contributed by atoms with E-state index < -0.39 is 47.7 Å². The minimum Gasteiger partial charge on any atom is -1.00 e. The Morgan fingerprint density at radius 2 is 0.914 bits per heavy atom. The highest BCUT2D eigenvalue weighted by Gasteiger charge is 2.64. The van der Waals surface area contributed by atoms with Crippen LogP contribution < -0.4 is 52.9 Å².